The summed E-state index contributed by atoms with van der Waals surface area (Å²) in [5.41, 5.74) is -4.03. The van der Waals surface area contributed by atoms with Crippen LogP contribution in [0.1, 0.15) is 45.6 Å². The Kier molecular flexibility index (Phi) is 10.5. The first-order chi connectivity index (χ1) is 18.6. The number of halogens is 8. The summed E-state index contributed by atoms with van der Waals surface area (Å²) in [4.78, 5) is 39.7. The molecule has 1 aliphatic rings. The molecule has 1 fully saturated rings. The van der Waals surface area contributed by atoms with Gasteiger partial charge >= 0.3 is 12.4 Å². The van der Waals surface area contributed by atoms with Crippen molar-refractivity contribution in [3.8, 4) is 0 Å². The maximum absolute atomic E-state index is 13.4. The molecule has 40 heavy (non-hydrogen) atoms. The van der Waals surface area contributed by atoms with Crippen molar-refractivity contribution in [1.29, 1.82) is 0 Å². The Balaban J connectivity index is 1.92. The number of hydrogen-bond donors (Lipinski definition) is 2. The fourth-order valence-electron chi connectivity index (χ4n) is 3.96. The van der Waals surface area contributed by atoms with Gasteiger partial charge in [0.05, 0.1) is 21.0 Å². The summed E-state index contributed by atoms with van der Waals surface area (Å²) in [5.74, 6) is -2.08. The smallest absolute Gasteiger partial charge is 0.354 e. The summed E-state index contributed by atoms with van der Waals surface area (Å²) in [7, 11) is 1.22. The van der Waals surface area contributed by atoms with E-state index in [1.165, 1.54) is 24.5 Å². The van der Waals surface area contributed by atoms with Crippen molar-refractivity contribution in [2.24, 2.45) is 0 Å². The Labute approximate surface area is 246 Å². The monoisotopic (exact) mass is 717 g/mol. The number of carbonyl (C=O) groups is 3. The Morgan fingerprint density at radius 1 is 1.10 bits per heavy atom. The Bertz CT molecular complexity index is 1240. The van der Waals surface area contributed by atoms with E-state index in [9.17, 15) is 40.7 Å². The standard InChI is InChI=1S/C25H23Br2F6N3O3S/c1-36(23(39)13-8-14(24(28,29)30)10-15(9-13)25(31,32)33)16(11-17-12-18(26)21(27)40-17)5-6-20(37)35-19-4-2-3-7-34-22(19)38/h5-6,8-10,12,16,19H,2-4,7,11H2,1H3,(H,34,38)(H,35,37)/b6-5+/t16-,19+/m0/s1. The van der Waals surface area contributed by atoms with Crippen LogP contribution in [-0.2, 0) is 28.4 Å². The first-order valence-corrected chi connectivity index (χ1v) is 14.2. The van der Waals surface area contributed by atoms with Gasteiger partial charge in [0.25, 0.3) is 5.91 Å². The molecule has 0 bridgehead atoms. The number of nitrogens with zero attached hydrogens (tertiary/aromatic N) is 1. The lowest BCUT2D eigenvalue weighted by molar-refractivity contribution is -0.143. The van der Waals surface area contributed by atoms with E-state index in [1.54, 1.807) is 6.07 Å². The largest absolute Gasteiger partial charge is 0.416 e. The van der Waals surface area contributed by atoms with E-state index in [1.807, 2.05) is 0 Å². The number of hydrogen-bond acceptors (Lipinski definition) is 4. The van der Waals surface area contributed by atoms with Crippen LogP contribution >= 0.6 is 43.2 Å². The van der Waals surface area contributed by atoms with E-state index < -0.39 is 52.9 Å². The molecular weight excluding hydrogens is 696 g/mol. The number of amides is 3. The lowest BCUT2D eigenvalue weighted by atomic mass is 10.0. The molecule has 0 unspecified atom stereocenters. The third-order valence-electron chi connectivity index (χ3n) is 6.08. The molecule has 15 heteroatoms. The van der Waals surface area contributed by atoms with E-state index in [2.05, 4.69) is 42.5 Å². The summed E-state index contributed by atoms with van der Waals surface area (Å²) in [6, 6.07) is 0.712. The van der Waals surface area contributed by atoms with Crippen LogP contribution in [0.15, 0.2) is 44.7 Å². The molecule has 2 heterocycles. The molecular formula is C25H23Br2F6N3O3S. The number of likely N-dealkylation sites (N-methyl/N-ethyl adjacent to an activating group) is 1. The molecule has 2 aromatic rings. The van der Waals surface area contributed by atoms with Crippen molar-refractivity contribution in [3.05, 3.63) is 66.2 Å². The highest BCUT2D eigenvalue weighted by Gasteiger charge is 2.38. The second kappa shape index (κ2) is 13.1. The van der Waals surface area contributed by atoms with Gasteiger partial charge in [0.15, 0.2) is 0 Å². The zero-order valence-electron chi connectivity index (χ0n) is 20.8. The van der Waals surface area contributed by atoms with Crippen molar-refractivity contribution in [2.45, 2.75) is 50.1 Å². The van der Waals surface area contributed by atoms with Crippen molar-refractivity contribution in [2.75, 3.05) is 13.6 Å². The van der Waals surface area contributed by atoms with E-state index >= 15 is 0 Å². The number of thiophene rings is 1. The molecule has 0 radical (unpaired) electrons. The Morgan fingerprint density at radius 2 is 1.73 bits per heavy atom. The van der Waals surface area contributed by atoms with Gasteiger partial charge in [0.1, 0.15) is 6.04 Å². The van der Waals surface area contributed by atoms with Gasteiger partial charge in [-0.2, -0.15) is 26.3 Å². The van der Waals surface area contributed by atoms with Crippen molar-refractivity contribution < 1.29 is 40.7 Å². The number of alkyl halides is 6. The third kappa shape index (κ3) is 8.56. The van der Waals surface area contributed by atoms with Crippen LogP contribution < -0.4 is 10.6 Å². The zero-order valence-corrected chi connectivity index (χ0v) is 24.7. The summed E-state index contributed by atoms with van der Waals surface area (Å²) in [5, 5.41) is 5.27. The molecule has 0 aliphatic carbocycles. The maximum atomic E-state index is 13.4. The summed E-state index contributed by atoms with van der Waals surface area (Å²) in [6.45, 7) is 0.494. The fourth-order valence-corrected chi connectivity index (χ4v) is 6.19. The minimum Gasteiger partial charge on any atom is -0.354 e. The SMILES string of the molecule is CN(C(=O)c1cc(C(F)(F)F)cc(C(F)(F)F)c1)[C@@H](/C=C/C(=O)N[C@@H]1CCCCNC1=O)Cc1cc(Br)c(Br)s1. The highest BCUT2D eigenvalue weighted by atomic mass is 79.9. The Hall–Kier alpha value is -2.39. The summed E-state index contributed by atoms with van der Waals surface area (Å²) in [6.07, 6.45) is -5.82. The van der Waals surface area contributed by atoms with Crippen LogP contribution in [0.3, 0.4) is 0 Å². The van der Waals surface area contributed by atoms with E-state index in [0.717, 1.165) is 21.2 Å². The van der Waals surface area contributed by atoms with Gasteiger partial charge in [-0.3, -0.25) is 14.4 Å². The molecule has 1 saturated heterocycles. The predicted molar refractivity (Wildman–Crippen MR) is 144 cm³/mol. The van der Waals surface area contributed by atoms with Crippen LogP contribution in [0, 0.1) is 0 Å². The first-order valence-electron chi connectivity index (χ1n) is 11.8. The minimum absolute atomic E-state index is 0.0527. The second-order valence-corrected chi connectivity index (χ2v) is 12.3. The van der Waals surface area contributed by atoms with Crippen LogP contribution in [0.4, 0.5) is 26.3 Å². The highest BCUT2D eigenvalue weighted by Crippen LogP contribution is 2.37. The second-order valence-electron chi connectivity index (χ2n) is 9.02. The first kappa shape index (κ1) is 32.1. The maximum Gasteiger partial charge on any atom is 0.416 e. The van der Waals surface area contributed by atoms with Crippen LogP contribution in [-0.4, -0.2) is 48.3 Å². The van der Waals surface area contributed by atoms with Crippen molar-refractivity contribution in [1.82, 2.24) is 15.5 Å². The van der Waals surface area contributed by atoms with Gasteiger partial charge in [-0.25, -0.2) is 0 Å². The van der Waals surface area contributed by atoms with Gasteiger partial charge in [-0.05, 0) is 75.4 Å². The molecule has 1 aliphatic heterocycles. The zero-order chi connectivity index (χ0) is 29.8. The predicted octanol–water partition coefficient (Wildman–Crippen LogP) is 6.34. The lowest BCUT2D eigenvalue weighted by Crippen LogP contribution is -2.45. The van der Waals surface area contributed by atoms with Gasteiger partial charge < -0.3 is 15.5 Å². The quantitative estimate of drug-likeness (QED) is 0.260. The Morgan fingerprint density at radius 3 is 2.27 bits per heavy atom. The summed E-state index contributed by atoms with van der Waals surface area (Å²) < 4.78 is 81.6. The number of carbonyl (C=O) groups excluding carboxylic acids is 3. The molecule has 3 rings (SSSR count). The van der Waals surface area contributed by atoms with Crippen LogP contribution in [0.25, 0.3) is 0 Å². The normalized spacial score (nSPS) is 17.3. The topological polar surface area (TPSA) is 78.5 Å². The third-order valence-corrected chi connectivity index (χ3v) is 9.36. The molecule has 2 atom stereocenters. The van der Waals surface area contributed by atoms with Gasteiger partial charge in [0.2, 0.25) is 11.8 Å². The molecule has 6 nitrogen and oxygen atoms in total. The number of benzene rings is 1. The summed E-state index contributed by atoms with van der Waals surface area (Å²) >= 11 is 7.98. The lowest BCUT2D eigenvalue weighted by Gasteiger charge is -2.26. The molecule has 1 aromatic heterocycles. The fraction of sp³-hybridized carbons (Fsp3) is 0.400. The van der Waals surface area contributed by atoms with Crippen molar-refractivity contribution in [3.63, 3.8) is 0 Å². The van der Waals surface area contributed by atoms with E-state index in [-0.39, 0.29) is 18.4 Å². The van der Waals surface area contributed by atoms with E-state index in [0.29, 0.717) is 40.9 Å². The molecule has 2 N–H and O–H groups in total. The molecule has 218 valence electrons. The van der Waals surface area contributed by atoms with E-state index in [4.69, 9.17) is 0 Å². The minimum atomic E-state index is -5.12. The van der Waals surface area contributed by atoms with Crippen molar-refractivity contribution >= 4 is 60.9 Å². The molecule has 0 saturated carbocycles. The van der Waals surface area contributed by atoms with Gasteiger partial charge in [0, 0.05) is 41.0 Å². The molecule has 0 spiro atoms. The van der Waals surface area contributed by atoms with Gasteiger partial charge in [-0.1, -0.05) is 6.08 Å². The van der Waals surface area contributed by atoms with Crippen LogP contribution in [0.5, 0.6) is 0 Å². The average Bonchev–Trinajstić information content (AvgIpc) is 3.05. The molecule has 1 aromatic carbocycles. The van der Waals surface area contributed by atoms with Gasteiger partial charge in [-0.15, -0.1) is 11.3 Å². The molecule has 3 amide bonds. The average molecular weight is 719 g/mol. The highest BCUT2D eigenvalue weighted by molar-refractivity contribution is 9.13. The van der Waals surface area contributed by atoms with Crippen LogP contribution in [0.2, 0.25) is 0 Å². The number of nitrogens with one attached hydrogen (secondary N) is 2. The number of rotatable bonds is 7.